The van der Waals surface area contributed by atoms with Crippen LogP contribution in [0, 0.1) is 5.92 Å². The molecule has 0 heterocycles. The SMILES string of the molecule is CCC[C@H](O)[C@H]1CCCC[C@H]1O. The van der Waals surface area contributed by atoms with Gasteiger partial charge in [0.15, 0.2) is 0 Å². The zero-order valence-electron chi connectivity index (χ0n) is 7.87. The molecule has 12 heavy (non-hydrogen) atoms. The van der Waals surface area contributed by atoms with E-state index in [0.29, 0.717) is 0 Å². The van der Waals surface area contributed by atoms with Gasteiger partial charge < -0.3 is 10.2 Å². The highest BCUT2D eigenvalue weighted by molar-refractivity contribution is 4.79. The van der Waals surface area contributed by atoms with Gasteiger partial charge in [-0.15, -0.1) is 0 Å². The third kappa shape index (κ3) is 2.46. The van der Waals surface area contributed by atoms with Crippen LogP contribution in [0.3, 0.4) is 0 Å². The van der Waals surface area contributed by atoms with Crippen LogP contribution < -0.4 is 0 Å². The molecule has 0 unspecified atom stereocenters. The van der Waals surface area contributed by atoms with Gasteiger partial charge in [0.1, 0.15) is 0 Å². The van der Waals surface area contributed by atoms with Crippen molar-refractivity contribution in [2.45, 2.75) is 57.7 Å². The summed E-state index contributed by atoms with van der Waals surface area (Å²) < 4.78 is 0. The molecule has 0 bridgehead atoms. The van der Waals surface area contributed by atoms with E-state index >= 15 is 0 Å². The molecule has 2 N–H and O–H groups in total. The normalized spacial score (nSPS) is 33.2. The van der Waals surface area contributed by atoms with E-state index in [9.17, 15) is 10.2 Å². The second-order valence-electron chi connectivity index (χ2n) is 3.87. The van der Waals surface area contributed by atoms with Gasteiger partial charge in [0, 0.05) is 5.92 Å². The average molecular weight is 172 g/mol. The maximum absolute atomic E-state index is 9.68. The van der Waals surface area contributed by atoms with E-state index in [1.807, 2.05) is 0 Å². The minimum absolute atomic E-state index is 0.152. The van der Waals surface area contributed by atoms with Gasteiger partial charge in [0.25, 0.3) is 0 Å². The van der Waals surface area contributed by atoms with E-state index < -0.39 is 0 Å². The van der Waals surface area contributed by atoms with Crippen molar-refractivity contribution in [2.24, 2.45) is 5.92 Å². The standard InChI is InChI=1S/C10H20O2/c1-2-5-9(11)8-6-3-4-7-10(8)12/h8-12H,2-7H2,1H3/t8-,9+,10-/m1/s1. The Morgan fingerprint density at radius 2 is 2.00 bits per heavy atom. The van der Waals surface area contributed by atoms with Crippen LogP contribution in [0.25, 0.3) is 0 Å². The first-order valence-corrected chi connectivity index (χ1v) is 5.11. The summed E-state index contributed by atoms with van der Waals surface area (Å²) in [5.74, 6) is 0.152. The van der Waals surface area contributed by atoms with Crippen LogP contribution in [0.1, 0.15) is 45.4 Å². The third-order valence-corrected chi connectivity index (χ3v) is 2.86. The van der Waals surface area contributed by atoms with Crippen molar-refractivity contribution in [1.29, 1.82) is 0 Å². The van der Waals surface area contributed by atoms with Gasteiger partial charge in [-0.3, -0.25) is 0 Å². The molecule has 1 rings (SSSR count). The third-order valence-electron chi connectivity index (χ3n) is 2.86. The minimum Gasteiger partial charge on any atom is -0.393 e. The highest BCUT2D eigenvalue weighted by Gasteiger charge is 2.28. The molecule has 0 aromatic rings. The number of aliphatic hydroxyl groups excluding tert-OH is 2. The van der Waals surface area contributed by atoms with E-state index in [-0.39, 0.29) is 18.1 Å². The number of aliphatic hydroxyl groups is 2. The average Bonchev–Trinajstić information content (AvgIpc) is 2.05. The van der Waals surface area contributed by atoms with Crippen molar-refractivity contribution >= 4 is 0 Å². The molecule has 0 aromatic heterocycles. The molecule has 3 atom stereocenters. The van der Waals surface area contributed by atoms with E-state index in [0.717, 1.165) is 32.1 Å². The smallest absolute Gasteiger partial charge is 0.0593 e. The number of rotatable bonds is 3. The van der Waals surface area contributed by atoms with Gasteiger partial charge in [0.2, 0.25) is 0 Å². The number of hydrogen-bond donors (Lipinski definition) is 2. The maximum atomic E-state index is 9.68. The number of hydrogen-bond acceptors (Lipinski definition) is 2. The highest BCUT2D eigenvalue weighted by atomic mass is 16.3. The molecule has 2 nitrogen and oxygen atoms in total. The molecule has 0 radical (unpaired) electrons. The van der Waals surface area contributed by atoms with Crippen LogP contribution in [-0.4, -0.2) is 22.4 Å². The fourth-order valence-electron chi connectivity index (χ4n) is 2.10. The molecule has 1 fully saturated rings. The fraction of sp³-hybridized carbons (Fsp3) is 1.00. The Morgan fingerprint density at radius 3 is 2.58 bits per heavy atom. The Hall–Kier alpha value is -0.0800. The molecule has 72 valence electrons. The minimum atomic E-state index is -0.273. The van der Waals surface area contributed by atoms with Crippen molar-refractivity contribution in [3.63, 3.8) is 0 Å². The van der Waals surface area contributed by atoms with Gasteiger partial charge in [-0.1, -0.05) is 26.2 Å². The molecule has 1 aliphatic rings. The topological polar surface area (TPSA) is 40.5 Å². The summed E-state index contributed by atoms with van der Waals surface area (Å²) in [6, 6.07) is 0. The van der Waals surface area contributed by atoms with Crippen LogP contribution in [-0.2, 0) is 0 Å². The lowest BCUT2D eigenvalue weighted by Crippen LogP contribution is -2.34. The summed E-state index contributed by atoms with van der Waals surface area (Å²) in [6.45, 7) is 2.07. The fourth-order valence-corrected chi connectivity index (χ4v) is 2.10. The first-order chi connectivity index (χ1) is 5.75. The Morgan fingerprint density at radius 1 is 1.33 bits per heavy atom. The van der Waals surface area contributed by atoms with Gasteiger partial charge in [-0.05, 0) is 19.3 Å². The van der Waals surface area contributed by atoms with Crippen molar-refractivity contribution in [2.75, 3.05) is 0 Å². The lowest BCUT2D eigenvalue weighted by molar-refractivity contribution is -0.0156. The summed E-state index contributed by atoms with van der Waals surface area (Å²) >= 11 is 0. The van der Waals surface area contributed by atoms with Crippen molar-refractivity contribution in [3.05, 3.63) is 0 Å². The van der Waals surface area contributed by atoms with E-state index in [2.05, 4.69) is 6.92 Å². The Balaban J connectivity index is 2.36. The lowest BCUT2D eigenvalue weighted by Gasteiger charge is -2.31. The molecule has 1 saturated carbocycles. The Kier molecular flexibility index (Phi) is 4.02. The molecular formula is C10H20O2. The maximum Gasteiger partial charge on any atom is 0.0593 e. The molecule has 0 spiro atoms. The van der Waals surface area contributed by atoms with E-state index in [1.54, 1.807) is 0 Å². The van der Waals surface area contributed by atoms with Gasteiger partial charge in [-0.2, -0.15) is 0 Å². The molecule has 0 aliphatic heterocycles. The lowest BCUT2D eigenvalue weighted by atomic mass is 9.81. The second kappa shape index (κ2) is 4.83. The summed E-state index contributed by atoms with van der Waals surface area (Å²) in [5.41, 5.74) is 0. The largest absolute Gasteiger partial charge is 0.393 e. The molecule has 0 saturated heterocycles. The highest BCUT2D eigenvalue weighted by Crippen LogP contribution is 2.28. The molecular weight excluding hydrogens is 152 g/mol. The summed E-state index contributed by atoms with van der Waals surface area (Å²) in [6.07, 6.45) is 5.49. The summed E-state index contributed by atoms with van der Waals surface area (Å²) in [4.78, 5) is 0. The quantitative estimate of drug-likeness (QED) is 0.680. The van der Waals surface area contributed by atoms with Crippen molar-refractivity contribution in [1.82, 2.24) is 0 Å². The van der Waals surface area contributed by atoms with Crippen LogP contribution in [0.4, 0.5) is 0 Å². The summed E-state index contributed by atoms with van der Waals surface area (Å²) in [7, 11) is 0. The summed E-state index contributed by atoms with van der Waals surface area (Å²) in [5, 5.41) is 19.3. The van der Waals surface area contributed by atoms with E-state index in [4.69, 9.17) is 0 Å². The Bertz CT molecular complexity index is 125. The van der Waals surface area contributed by atoms with Gasteiger partial charge >= 0.3 is 0 Å². The first kappa shape index (κ1) is 10.0. The van der Waals surface area contributed by atoms with Gasteiger partial charge in [0.05, 0.1) is 12.2 Å². The molecule has 0 amide bonds. The van der Waals surface area contributed by atoms with E-state index in [1.165, 1.54) is 6.42 Å². The van der Waals surface area contributed by atoms with Crippen LogP contribution in [0.5, 0.6) is 0 Å². The van der Waals surface area contributed by atoms with Gasteiger partial charge in [-0.25, -0.2) is 0 Å². The van der Waals surface area contributed by atoms with Crippen molar-refractivity contribution in [3.8, 4) is 0 Å². The second-order valence-corrected chi connectivity index (χ2v) is 3.87. The molecule has 0 aromatic carbocycles. The van der Waals surface area contributed by atoms with Crippen molar-refractivity contribution < 1.29 is 10.2 Å². The zero-order valence-corrected chi connectivity index (χ0v) is 7.87. The monoisotopic (exact) mass is 172 g/mol. The zero-order chi connectivity index (χ0) is 8.97. The first-order valence-electron chi connectivity index (χ1n) is 5.11. The van der Waals surface area contributed by atoms with Crippen LogP contribution in [0.2, 0.25) is 0 Å². The predicted octanol–water partition coefficient (Wildman–Crippen LogP) is 1.70. The Labute approximate surface area is 74.6 Å². The van der Waals surface area contributed by atoms with Crippen LogP contribution in [0.15, 0.2) is 0 Å². The molecule has 2 heteroatoms. The van der Waals surface area contributed by atoms with Crippen LogP contribution >= 0.6 is 0 Å². The predicted molar refractivity (Wildman–Crippen MR) is 48.9 cm³/mol. The molecule has 1 aliphatic carbocycles.